The number of amides is 1. The topological polar surface area (TPSA) is 58.8 Å². The van der Waals surface area contributed by atoms with Gasteiger partial charge in [-0.15, -0.1) is 0 Å². The third-order valence-electron chi connectivity index (χ3n) is 5.59. The van der Waals surface area contributed by atoms with E-state index in [1.807, 2.05) is 36.1 Å². The number of fused-ring (bicyclic) bond motifs is 1. The van der Waals surface area contributed by atoms with E-state index in [-0.39, 0.29) is 18.1 Å². The van der Waals surface area contributed by atoms with Crippen LogP contribution in [-0.2, 0) is 11.3 Å². The Morgan fingerprint density at radius 1 is 1.35 bits per heavy atom. The van der Waals surface area contributed by atoms with Gasteiger partial charge in [0, 0.05) is 38.9 Å². The van der Waals surface area contributed by atoms with Crippen molar-refractivity contribution in [1.29, 1.82) is 0 Å². The van der Waals surface area contributed by atoms with Gasteiger partial charge >= 0.3 is 0 Å². The van der Waals surface area contributed by atoms with Crippen LogP contribution in [0.25, 0.3) is 0 Å². The quantitative estimate of drug-likeness (QED) is 0.843. The van der Waals surface area contributed by atoms with Crippen molar-refractivity contribution in [3.8, 4) is 0 Å². The fourth-order valence-corrected chi connectivity index (χ4v) is 4.27. The number of pyridine rings is 1. The number of furan rings is 1. The van der Waals surface area contributed by atoms with Gasteiger partial charge in [0.05, 0.1) is 25.0 Å². The average Bonchev–Trinajstić information content (AvgIpc) is 3.30. The Hall–Kier alpha value is -2.18. The van der Waals surface area contributed by atoms with Gasteiger partial charge in [-0.2, -0.15) is 0 Å². The van der Waals surface area contributed by atoms with E-state index in [0.29, 0.717) is 18.2 Å². The monoisotopic (exact) mass is 355 g/mol. The highest BCUT2D eigenvalue weighted by molar-refractivity contribution is 5.92. The molecule has 2 aromatic rings. The van der Waals surface area contributed by atoms with Gasteiger partial charge in [-0.3, -0.25) is 14.7 Å². The third-order valence-corrected chi connectivity index (χ3v) is 5.59. The summed E-state index contributed by atoms with van der Waals surface area (Å²) in [7, 11) is 1.77. The van der Waals surface area contributed by atoms with Gasteiger partial charge in [-0.1, -0.05) is 6.07 Å². The van der Waals surface area contributed by atoms with Crippen LogP contribution in [0.3, 0.4) is 0 Å². The van der Waals surface area contributed by atoms with Gasteiger partial charge in [0.25, 0.3) is 5.91 Å². The Morgan fingerprint density at radius 3 is 2.92 bits per heavy atom. The van der Waals surface area contributed by atoms with Gasteiger partial charge in [0.1, 0.15) is 11.5 Å². The lowest BCUT2D eigenvalue weighted by Crippen LogP contribution is -2.53. The number of hydrogen-bond acceptors (Lipinski definition) is 5. The van der Waals surface area contributed by atoms with Crippen LogP contribution >= 0.6 is 0 Å². The van der Waals surface area contributed by atoms with E-state index < -0.39 is 0 Å². The van der Waals surface area contributed by atoms with E-state index in [1.165, 1.54) is 0 Å². The molecule has 4 heterocycles. The van der Waals surface area contributed by atoms with Crippen molar-refractivity contribution in [3.63, 3.8) is 0 Å². The van der Waals surface area contributed by atoms with Gasteiger partial charge in [0.2, 0.25) is 0 Å². The molecule has 0 bridgehead atoms. The molecule has 0 N–H and O–H groups in total. The number of rotatable bonds is 4. The fourth-order valence-electron chi connectivity index (χ4n) is 4.27. The van der Waals surface area contributed by atoms with E-state index in [9.17, 15) is 4.79 Å². The lowest BCUT2D eigenvalue weighted by molar-refractivity contribution is -0.0158. The lowest BCUT2D eigenvalue weighted by Gasteiger charge is -2.41. The van der Waals surface area contributed by atoms with E-state index in [0.717, 1.165) is 37.4 Å². The molecule has 0 unspecified atom stereocenters. The van der Waals surface area contributed by atoms with Gasteiger partial charge < -0.3 is 14.1 Å². The molecule has 0 radical (unpaired) electrons. The average molecular weight is 355 g/mol. The largest absolute Gasteiger partial charge is 0.468 e. The van der Waals surface area contributed by atoms with Crippen LogP contribution in [0.2, 0.25) is 0 Å². The number of carbonyl (C=O) groups excluding carboxylic acids is 1. The SMILES string of the molecule is CO[C@@H]1CCN(C(=O)c2ccc(C)cn2)[C@@H]2CN(Cc3ccco3)C[C@@H]21. The number of aryl methyl sites for hydroxylation is 1. The van der Waals surface area contributed by atoms with Crippen molar-refractivity contribution < 1.29 is 13.9 Å². The third kappa shape index (κ3) is 3.27. The summed E-state index contributed by atoms with van der Waals surface area (Å²) in [5, 5.41) is 0. The highest BCUT2D eigenvalue weighted by Crippen LogP contribution is 2.34. The zero-order valence-electron chi connectivity index (χ0n) is 15.3. The van der Waals surface area contributed by atoms with Gasteiger partial charge in [-0.25, -0.2) is 0 Å². The van der Waals surface area contributed by atoms with Crippen molar-refractivity contribution in [2.24, 2.45) is 5.92 Å². The van der Waals surface area contributed by atoms with E-state index in [4.69, 9.17) is 9.15 Å². The summed E-state index contributed by atoms with van der Waals surface area (Å²) in [6.45, 7) is 5.20. The van der Waals surface area contributed by atoms with Crippen molar-refractivity contribution in [3.05, 3.63) is 53.7 Å². The summed E-state index contributed by atoms with van der Waals surface area (Å²) in [5.41, 5.74) is 1.58. The Kier molecular flexibility index (Phi) is 4.78. The number of ether oxygens (including phenoxy) is 1. The number of carbonyl (C=O) groups is 1. The van der Waals surface area contributed by atoms with Crippen LogP contribution in [-0.4, -0.2) is 59.6 Å². The molecule has 2 aliphatic heterocycles. The first-order chi connectivity index (χ1) is 12.7. The molecule has 138 valence electrons. The van der Waals surface area contributed by atoms with Crippen LogP contribution < -0.4 is 0 Å². The summed E-state index contributed by atoms with van der Waals surface area (Å²) in [6.07, 6.45) is 4.51. The maximum absolute atomic E-state index is 13.1. The smallest absolute Gasteiger partial charge is 0.272 e. The first-order valence-electron chi connectivity index (χ1n) is 9.17. The minimum Gasteiger partial charge on any atom is -0.468 e. The number of likely N-dealkylation sites (tertiary alicyclic amines) is 2. The zero-order valence-corrected chi connectivity index (χ0v) is 15.3. The predicted molar refractivity (Wildman–Crippen MR) is 96.7 cm³/mol. The van der Waals surface area contributed by atoms with Gasteiger partial charge in [-0.05, 0) is 37.1 Å². The molecule has 26 heavy (non-hydrogen) atoms. The summed E-state index contributed by atoms with van der Waals surface area (Å²) in [6, 6.07) is 7.83. The van der Waals surface area contributed by atoms with Crippen LogP contribution in [0.1, 0.15) is 28.2 Å². The van der Waals surface area contributed by atoms with Crippen molar-refractivity contribution in [2.75, 3.05) is 26.7 Å². The van der Waals surface area contributed by atoms with E-state index in [1.54, 1.807) is 19.6 Å². The fraction of sp³-hybridized carbons (Fsp3) is 0.500. The normalized spacial score (nSPS) is 26.1. The first-order valence-corrected chi connectivity index (χ1v) is 9.17. The second-order valence-electron chi connectivity index (χ2n) is 7.29. The molecule has 0 aromatic carbocycles. The Bertz CT molecular complexity index is 744. The number of methoxy groups -OCH3 is 1. The molecule has 3 atom stereocenters. The van der Waals surface area contributed by atoms with Crippen molar-refractivity contribution >= 4 is 5.91 Å². The van der Waals surface area contributed by atoms with E-state index >= 15 is 0 Å². The van der Waals surface area contributed by atoms with E-state index in [2.05, 4.69) is 9.88 Å². The second kappa shape index (κ2) is 7.21. The van der Waals surface area contributed by atoms with Crippen molar-refractivity contribution in [1.82, 2.24) is 14.8 Å². The summed E-state index contributed by atoms with van der Waals surface area (Å²) in [4.78, 5) is 21.7. The van der Waals surface area contributed by atoms with Crippen LogP contribution in [0.4, 0.5) is 0 Å². The van der Waals surface area contributed by atoms with Crippen LogP contribution in [0, 0.1) is 12.8 Å². The molecular formula is C20H25N3O3. The molecule has 6 nitrogen and oxygen atoms in total. The van der Waals surface area contributed by atoms with Gasteiger partial charge in [0.15, 0.2) is 0 Å². The minimum absolute atomic E-state index is 0.0226. The summed E-state index contributed by atoms with van der Waals surface area (Å²) < 4.78 is 11.2. The number of piperidine rings is 1. The predicted octanol–water partition coefficient (Wildman–Crippen LogP) is 2.34. The molecule has 0 spiro atoms. The minimum atomic E-state index is 0.0226. The van der Waals surface area contributed by atoms with Crippen LogP contribution in [0.15, 0.2) is 41.1 Å². The highest BCUT2D eigenvalue weighted by Gasteiger charge is 2.46. The molecular weight excluding hydrogens is 330 g/mol. The van der Waals surface area contributed by atoms with Crippen LogP contribution in [0.5, 0.6) is 0 Å². The standard InChI is InChI=1S/C20H25N3O3/c1-14-5-6-17(21-10-14)20(24)23-8-7-19(25-2)16-12-22(13-18(16)23)11-15-4-3-9-26-15/h3-6,9-10,16,18-19H,7-8,11-13H2,1-2H3/t16-,18+,19+/m0/s1. The maximum Gasteiger partial charge on any atom is 0.272 e. The highest BCUT2D eigenvalue weighted by atomic mass is 16.5. The number of nitrogens with zero attached hydrogens (tertiary/aromatic N) is 3. The Balaban J connectivity index is 1.53. The molecule has 0 aliphatic carbocycles. The molecule has 6 heteroatoms. The summed E-state index contributed by atoms with van der Waals surface area (Å²) in [5.74, 6) is 1.29. The molecule has 2 aromatic heterocycles. The molecule has 2 aliphatic rings. The number of hydrogen-bond donors (Lipinski definition) is 0. The Morgan fingerprint density at radius 2 is 2.23 bits per heavy atom. The molecule has 4 rings (SSSR count). The number of aromatic nitrogens is 1. The van der Waals surface area contributed by atoms with Crippen molar-refractivity contribution in [2.45, 2.75) is 32.0 Å². The summed E-state index contributed by atoms with van der Waals surface area (Å²) >= 11 is 0. The second-order valence-corrected chi connectivity index (χ2v) is 7.29. The zero-order chi connectivity index (χ0) is 18.1. The maximum atomic E-state index is 13.1. The molecule has 2 saturated heterocycles. The first kappa shape index (κ1) is 17.2. The molecule has 0 saturated carbocycles. The lowest BCUT2D eigenvalue weighted by atomic mass is 9.88. The molecule has 1 amide bonds. The Labute approximate surface area is 153 Å². The molecule has 2 fully saturated rings.